The van der Waals surface area contributed by atoms with Gasteiger partial charge in [0.2, 0.25) is 0 Å². The summed E-state index contributed by atoms with van der Waals surface area (Å²) in [6.45, 7) is 9.55. The Balaban J connectivity index is 1.37. The minimum Gasteiger partial charge on any atom is -0.336 e. The maximum Gasteiger partial charge on any atom is 0.322 e. The molecule has 0 radical (unpaired) electrons. The molecule has 0 unspecified atom stereocenters. The fraction of sp³-hybridized carbons (Fsp3) is 0.391. The van der Waals surface area contributed by atoms with Gasteiger partial charge in [0.25, 0.3) is 5.91 Å². The maximum absolute atomic E-state index is 13.0. The van der Waals surface area contributed by atoms with Crippen molar-refractivity contribution in [3.8, 4) is 0 Å². The Bertz CT molecular complexity index is 919. The molecule has 2 aliphatic rings. The van der Waals surface area contributed by atoms with E-state index in [9.17, 15) is 9.59 Å². The van der Waals surface area contributed by atoms with Gasteiger partial charge in [0.05, 0.1) is 0 Å². The van der Waals surface area contributed by atoms with Gasteiger partial charge in [-0.3, -0.25) is 14.6 Å². The summed E-state index contributed by atoms with van der Waals surface area (Å²) in [5.74, 6) is 0.0701. The molecule has 29 heavy (non-hydrogen) atoms. The van der Waals surface area contributed by atoms with Crippen LogP contribution in [0, 0.1) is 13.8 Å². The first-order valence-electron chi connectivity index (χ1n) is 10.2. The molecule has 0 aliphatic carbocycles. The van der Waals surface area contributed by atoms with E-state index < -0.39 is 0 Å². The Hall–Kier alpha value is -2.86. The molecule has 2 fully saturated rings. The normalized spacial score (nSPS) is 17.5. The lowest BCUT2D eigenvalue weighted by Crippen LogP contribution is -2.48. The lowest BCUT2D eigenvalue weighted by atomic mass is 10.1. The molecule has 0 bridgehead atoms. The number of nitrogens with one attached hydrogen (secondary N) is 1. The van der Waals surface area contributed by atoms with Gasteiger partial charge < -0.3 is 10.2 Å². The highest BCUT2D eigenvalue weighted by atomic mass is 16.2. The van der Waals surface area contributed by atoms with Crippen molar-refractivity contribution in [2.24, 2.45) is 0 Å². The Morgan fingerprint density at radius 3 is 2.45 bits per heavy atom. The molecule has 4 rings (SSSR count). The van der Waals surface area contributed by atoms with Crippen LogP contribution in [0.1, 0.15) is 27.0 Å². The fourth-order valence-corrected chi connectivity index (χ4v) is 4.15. The third kappa shape index (κ3) is 4.27. The quantitative estimate of drug-likeness (QED) is 0.871. The average molecular weight is 393 g/mol. The Morgan fingerprint density at radius 1 is 1.00 bits per heavy atom. The van der Waals surface area contributed by atoms with Crippen molar-refractivity contribution in [2.45, 2.75) is 20.4 Å². The van der Waals surface area contributed by atoms with Crippen molar-refractivity contribution >= 4 is 17.6 Å². The summed E-state index contributed by atoms with van der Waals surface area (Å²) in [7, 11) is 0. The van der Waals surface area contributed by atoms with E-state index in [4.69, 9.17) is 0 Å². The zero-order valence-electron chi connectivity index (χ0n) is 17.1. The number of benzene rings is 2. The van der Waals surface area contributed by atoms with Crippen LogP contribution in [0.5, 0.6) is 0 Å². The number of piperazine rings is 1. The summed E-state index contributed by atoms with van der Waals surface area (Å²) in [4.78, 5) is 30.9. The molecule has 152 valence electrons. The Kier molecular flexibility index (Phi) is 5.53. The van der Waals surface area contributed by atoms with E-state index in [1.807, 2.05) is 30.0 Å². The highest BCUT2D eigenvalue weighted by Gasteiger charge is 2.25. The third-order valence-corrected chi connectivity index (χ3v) is 5.74. The molecule has 2 aromatic rings. The smallest absolute Gasteiger partial charge is 0.322 e. The number of aryl methyl sites for hydroxylation is 2. The lowest BCUT2D eigenvalue weighted by molar-refractivity contribution is 0.0628. The molecule has 6 nitrogen and oxygen atoms in total. The second-order valence-electron chi connectivity index (χ2n) is 7.94. The van der Waals surface area contributed by atoms with Gasteiger partial charge in [-0.25, -0.2) is 4.79 Å². The van der Waals surface area contributed by atoms with E-state index in [1.165, 1.54) is 11.1 Å². The molecule has 0 atom stereocenters. The minimum absolute atomic E-state index is 0.0701. The van der Waals surface area contributed by atoms with Crippen molar-refractivity contribution in [1.82, 2.24) is 15.1 Å². The second-order valence-corrected chi connectivity index (χ2v) is 7.94. The number of nitrogens with zero attached hydrogens (tertiary/aromatic N) is 3. The van der Waals surface area contributed by atoms with Crippen molar-refractivity contribution in [1.29, 1.82) is 0 Å². The van der Waals surface area contributed by atoms with Crippen molar-refractivity contribution < 1.29 is 9.59 Å². The standard InChI is InChI=1S/C23H28N4O2/c1-17-4-3-5-19(14-17)16-25-10-12-26(13-11-25)22(28)20-6-7-21(18(2)15-20)27-9-8-24-23(27)29/h3-7,14-15H,8-13,16H2,1-2H3,(H,24,29). The molecule has 0 aromatic heterocycles. The van der Waals surface area contributed by atoms with E-state index in [0.29, 0.717) is 18.7 Å². The monoisotopic (exact) mass is 392 g/mol. The number of rotatable bonds is 4. The summed E-state index contributed by atoms with van der Waals surface area (Å²) < 4.78 is 0. The number of urea groups is 1. The van der Waals surface area contributed by atoms with Gasteiger partial charge in [0, 0.05) is 57.1 Å². The molecule has 2 heterocycles. The van der Waals surface area contributed by atoms with E-state index in [1.54, 1.807) is 4.90 Å². The molecule has 2 aromatic carbocycles. The maximum atomic E-state index is 13.0. The molecule has 2 saturated heterocycles. The van der Waals surface area contributed by atoms with Crippen LogP contribution in [-0.4, -0.2) is 61.0 Å². The molecule has 2 aliphatic heterocycles. The summed E-state index contributed by atoms with van der Waals surface area (Å²) in [5.41, 5.74) is 5.12. The predicted octanol–water partition coefficient (Wildman–Crippen LogP) is 2.79. The van der Waals surface area contributed by atoms with Gasteiger partial charge in [-0.15, -0.1) is 0 Å². The first kappa shape index (κ1) is 19.5. The first-order valence-corrected chi connectivity index (χ1v) is 10.2. The predicted molar refractivity (Wildman–Crippen MR) is 114 cm³/mol. The van der Waals surface area contributed by atoms with Gasteiger partial charge in [-0.05, 0) is 43.2 Å². The summed E-state index contributed by atoms with van der Waals surface area (Å²) in [6, 6.07) is 14.2. The molecule has 0 saturated carbocycles. The minimum atomic E-state index is -0.0723. The number of amides is 3. The highest BCUT2D eigenvalue weighted by Crippen LogP contribution is 2.24. The number of carbonyl (C=O) groups excluding carboxylic acids is 2. The van der Waals surface area contributed by atoms with Gasteiger partial charge in [0.15, 0.2) is 0 Å². The SMILES string of the molecule is Cc1cccc(CN2CCN(C(=O)c3ccc(N4CCNC4=O)c(C)c3)CC2)c1. The van der Waals surface area contributed by atoms with Crippen LogP contribution in [0.4, 0.5) is 10.5 Å². The third-order valence-electron chi connectivity index (χ3n) is 5.74. The zero-order chi connectivity index (χ0) is 20.4. The molecule has 0 spiro atoms. The van der Waals surface area contributed by atoms with Crippen LogP contribution in [-0.2, 0) is 6.54 Å². The number of hydrogen-bond acceptors (Lipinski definition) is 3. The van der Waals surface area contributed by atoms with Crippen LogP contribution in [0.2, 0.25) is 0 Å². The van der Waals surface area contributed by atoms with Crippen molar-refractivity contribution in [3.05, 3.63) is 64.7 Å². The summed E-state index contributed by atoms with van der Waals surface area (Å²) in [5, 5.41) is 2.82. The number of hydrogen-bond donors (Lipinski definition) is 1. The van der Waals surface area contributed by atoms with Crippen LogP contribution in [0.15, 0.2) is 42.5 Å². The van der Waals surface area contributed by atoms with Gasteiger partial charge in [0.1, 0.15) is 0 Å². The van der Waals surface area contributed by atoms with E-state index >= 15 is 0 Å². The largest absolute Gasteiger partial charge is 0.336 e. The number of carbonyl (C=O) groups is 2. The number of anilines is 1. The molecular weight excluding hydrogens is 364 g/mol. The van der Waals surface area contributed by atoms with Crippen molar-refractivity contribution in [3.63, 3.8) is 0 Å². The molecule has 6 heteroatoms. The Morgan fingerprint density at radius 2 is 1.79 bits per heavy atom. The van der Waals surface area contributed by atoms with Crippen LogP contribution < -0.4 is 10.2 Å². The molecule has 1 N–H and O–H groups in total. The van der Waals surface area contributed by atoms with Crippen molar-refractivity contribution in [2.75, 3.05) is 44.2 Å². The van der Waals surface area contributed by atoms with Gasteiger partial charge >= 0.3 is 6.03 Å². The van der Waals surface area contributed by atoms with E-state index in [-0.39, 0.29) is 11.9 Å². The van der Waals surface area contributed by atoms with Crippen LogP contribution in [0.3, 0.4) is 0 Å². The molecular formula is C23H28N4O2. The van der Waals surface area contributed by atoms with E-state index in [0.717, 1.165) is 44.0 Å². The summed E-state index contributed by atoms with van der Waals surface area (Å²) >= 11 is 0. The lowest BCUT2D eigenvalue weighted by Gasteiger charge is -2.35. The first-order chi connectivity index (χ1) is 14.0. The van der Waals surface area contributed by atoms with E-state index in [2.05, 4.69) is 41.4 Å². The van der Waals surface area contributed by atoms with Gasteiger partial charge in [-0.2, -0.15) is 0 Å². The second kappa shape index (κ2) is 8.25. The Labute approximate surface area is 172 Å². The van der Waals surface area contributed by atoms with Gasteiger partial charge in [-0.1, -0.05) is 29.8 Å². The highest BCUT2D eigenvalue weighted by molar-refractivity contribution is 5.98. The summed E-state index contributed by atoms with van der Waals surface area (Å²) in [6.07, 6.45) is 0. The van der Waals surface area contributed by atoms with Crippen LogP contribution in [0.25, 0.3) is 0 Å². The topological polar surface area (TPSA) is 55.9 Å². The molecule has 3 amide bonds. The fourth-order valence-electron chi connectivity index (χ4n) is 4.15. The average Bonchev–Trinajstić information content (AvgIpc) is 3.13. The van der Waals surface area contributed by atoms with Crippen LogP contribution >= 0.6 is 0 Å². The zero-order valence-corrected chi connectivity index (χ0v) is 17.1.